The summed E-state index contributed by atoms with van der Waals surface area (Å²) in [5.41, 5.74) is 7.19. The Hall–Kier alpha value is -5.10. The highest BCUT2D eigenvalue weighted by Crippen LogP contribution is 2.34. The highest BCUT2D eigenvalue weighted by Gasteiger charge is 2.22. The SMILES string of the molecule is CC(C)c1ccc(-c2c(C(=O)O)c3ccccc3n2C)cc1.Cn1c(-c2ccccc2)c(C(=O)O)c2ccccc21. The number of benzene rings is 4. The van der Waals surface area contributed by atoms with E-state index < -0.39 is 11.9 Å². The van der Waals surface area contributed by atoms with Crippen molar-refractivity contribution in [3.63, 3.8) is 0 Å². The highest BCUT2D eigenvalue weighted by atomic mass is 16.4. The minimum atomic E-state index is -0.893. The monoisotopic (exact) mass is 544 g/mol. The predicted octanol–water partition coefficient (Wildman–Crippen LogP) is 8.21. The molecule has 6 rings (SSSR count). The van der Waals surface area contributed by atoms with Crippen molar-refractivity contribution in [2.75, 3.05) is 0 Å². The summed E-state index contributed by atoms with van der Waals surface area (Å²) < 4.78 is 3.90. The molecule has 41 heavy (non-hydrogen) atoms. The molecule has 206 valence electrons. The fraction of sp³-hybridized carbons (Fsp3) is 0.143. The van der Waals surface area contributed by atoms with Gasteiger partial charge in [-0.1, -0.05) is 105 Å². The second kappa shape index (κ2) is 11.2. The molecule has 0 fully saturated rings. The van der Waals surface area contributed by atoms with Crippen LogP contribution in [0.1, 0.15) is 46.0 Å². The van der Waals surface area contributed by atoms with Crippen LogP contribution in [-0.4, -0.2) is 31.3 Å². The van der Waals surface area contributed by atoms with E-state index in [-0.39, 0.29) is 0 Å². The van der Waals surface area contributed by atoms with Crippen LogP contribution >= 0.6 is 0 Å². The number of para-hydroxylation sites is 2. The van der Waals surface area contributed by atoms with Gasteiger partial charge in [0.25, 0.3) is 0 Å². The summed E-state index contributed by atoms with van der Waals surface area (Å²) >= 11 is 0. The first kappa shape index (κ1) is 27.5. The third kappa shape index (κ3) is 5.00. The Morgan fingerprint density at radius 3 is 1.37 bits per heavy atom. The Morgan fingerprint density at radius 2 is 0.951 bits per heavy atom. The molecule has 0 aliphatic rings. The average molecular weight is 545 g/mol. The zero-order valence-corrected chi connectivity index (χ0v) is 23.5. The average Bonchev–Trinajstić information content (AvgIpc) is 3.45. The van der Waals surface area contributed by atoms with Crippen LogP contribution in [0.4, 0.5) is 0 Å². The van der Waals surface area contributed by atoms with E-state index in [9.17, 15) is 19.8 Å². The zero-order valence-electron chi connectivity index (χ0n) is 23.5. The number of carboxylic acids is 2. The van der Waals surface area contributed by atoms with Crippen molar-refractivity contribution < 1.29 is 19.8 Å². The summed E-state index contributed by atoms with van der Waals surface area (Å²) in [4.78, 5) is 23.4. The Bertz CT molecular complexity index is 1880. The van der Waals surface area contributed by atoms with E-state index in [4.69, 9.17) is 0 Å². The normalized spacial score (nSPS) is 11.0. The molecule has 0 aliphatic heterocycles. The fourth-order valence-electron chi connectivity index (χ4n) is 5.52. The lowest BCUT2D eigenvalue weighted by molar-refractivity contribution is 0.0688. The van der Waals surface area contributed by atoms with Crippen LogP contribution in [0.25, 0.3) is 44.3 Å². The molecule has 2 N–H and O–H groups in total. The third-order valence-electron chi connectivity index (χ3n) is 7.54. The molecule has 0 saturated heterocycles. The molecule has 2 aromatic heterocycles. The Labute approximate surface area is 238 Å². The van der Waals surface area contributed by atoms with Gasteiger partial charge in [0.1, 0.15) is 0 Å². The lowest BCUT2D eigenvalue weighted by Crippen LogP contribution is -2.00. The van der Waals surface area contributed by atoms with Crippen molar-refractivity contribution in [2.45, 2.75) is 19.8 Å². The molecule has 0 spiro atoms. The smallest absolute Gasteiger partial charge is 0.338 e. The number of fused-ring (bicyclic) bond motifs is 2. The van der Waals surface area contributed by atoms with Gasteiger partial charge in [0.05, 0.1) is 22.5 Å². The van der Waals surface area contributed by atoms with Crippen LogP contribution in [-0.2, 0) is 14.1 Å². The lowest BCUT2D eigenvalue weighted by atomic mass is 9.99. The van der Waals surface area contributed by atoms with Crippen LogP contribution in [0, 0.1) is 0 Å². The first-order chi connectivity index (χ1) is 19.7. The van der Waals surface area contributed by atoms with E-state index in [1.54, 1.807) is 0 Å². The van der Waals surface area contributed by atoms with Crippen LogP contribution in [0.15, 0.2) is 103 Å². The summed E-state index contributed by atoms with van der Waals surface area (Å²) in [5.74, 6) is -1.32. The summed E-state index contributed by atoms with van der Waals surface area (Å²) in [6.07, 6.45) is 0. The summed E-state index contributed by atoms with van der Waals surface area (Å²) in [6, 6.07) is 33.0. The van der Waals surface area contributed by atoms with Gasteiger partial charge in [-0.2, -0.15) is 0 Å². The molecule has 0 atom stereocenters. The molecule has 0 bridgehead atoms. The molecule has 6 heteroatoms. The maximum atomic E-state index is 11.8. The van der Waals surface area contributed by atoms with Crippen LogP contribution in [0.3, 0.4) is 0 Å². The van der Waals surface area contributed by atoms with Crippen molar-refractivity contribution in [1.29, 1.82) is 0 Å². The van der Waals surface area contributed by atoms with E-state index in [0.29, 0.717) is 17.0 Å². The molecular weight excluding hydrogens is 512 g/mol. The van der Waals surface area contributed by atoms with E-state index >= 15 is 0 Å². The second-order valence-electron chi connectivity index (χ2n) is 10.4. The molecule has 0 radical (unpaired) electrons. The molecule has 4 aromatic carbocycles. The van der Waals surface area contributed by atoms with Crippen molar-refractivity contribution >= 4 is 33.7 Å². The fourth-order valence-corrected chi connectivity index (χ4v) is 5.52. The number of aryl methyl sites for hydroxylation is 2. The predicted molar refractivity (Wildman–Crippen MR) is 165 cm³/mol. The molecule has 2 heterocycles. The Morgan fingerprint density at radius 1 is 0.561 bits per heavy atom. The van der Waals surface area contributed by atoms with Gasteiger partial charge >= 0.3 is 11.9 Å². The van der Waals surface area contributed by atoms with Crippen LogP contribution < -0.4 is 0 Å². The van der Waals surface area contributed by atoms with Gasteiger partial charge in [0.15, 0.2) is 0 Å². The van der Waals surface area contributed by atoms with Crippen molar-refractivity contribution in [3.8, 4) is 22.5 Å². The standard InChI is InChI=1S/C19H19NO2.C16H13NO2/c1-12(2)13-8-10-14(11-9-13)18-17(19(21)22)15-6-4-5-7-16(15)20(18)3;1-17-13-10-6-5-9-12(13)14(16(18)19)15(17)11-7-3-2-4-8-11/h4-12H,1-3H3,(H,21,22);2-10H,1H3,(H,18,19). The summed E-state index contributed by atoms with van der Waals surface area (Å²) in [7, 11) is 3.82. The number of carbonyl (C=O) groups is 2. The van der Waals surface area contributed by atoms with Crippen molar-refractivity contribution in [2.24, 2.45) is 14.1 Å². The number of nitrogens with zero attached hydrogens (tertiary/aromatic N) is 2. The first-order valence-corrected chi connectivity index (χ1v) is 13.5. The number of aromatic nitrogens is 2. The maximum Gasteiger partial charge on any atom is 0.338 e. The number of aromatic carboxylic acids is 2. The van der Waals surface area contributed by atoms with E-state index in [1.165, 1.54) is 5.56 Å². The first-order valence-electron chi connectivity index (χ1n) is 13.5. The zero-order chi connectivity index (χ0) is 29.3. The number of carboxylic acid groups (broad SMARTS) is 2. The van der Waals surface area contributed by atoms with Gasteiger partial charge in [-0.05, 0) is 34.7 Å². The molecule has 0 aliphatic carbocycles. The van der Waals surface area contributed by atoms with E-state index in [2.05, 4.69) is 26.0 Å². The molecule has 6 nitrogen and oxygen atoms in total. The Kier molecular flexibility index (Phi) is 7.49. The number of rotatable bonds is 5. The molecule has 0 saturated carbocycles. The van der Waals surface area contributed by atoms with Crippen LogP contribution in [0.2, 0.25) is 0 Å². The maximum absolute atomic E-state index is 11.8. The molecule has 0 unspecified atom stereocenters. The third-order valence-corrected chi connectivity index (χ3v) is 7.54. The Balaban J connectivity index is 0.000000166. The summed E-state index contributed by atoms with van der Waals surface area (Å²) in [6.45, 7) is 4.29. The van der Waals surface area contributed by atoms with Gasteiger partial charge in [-0.25, -0.2) is 9.59 Å². The van der Waals surface area contributed by atoms with E-state index in [1.807, 2.05) is 114 Å². The quantitative estimate of drug-likeness (QED) is 0.229. The van der Waals surface area contributed by atoms with Gasteiger partial charge in [0, 0.05) is 35.9 Å². The minimum Gasteiger partial charge on any atom is -0.478 e. The van der Waals surface area contributed by atoms with Gasteiger partial charge in [-0.15, -0.1) is 0 Å². The number of hydrogen-bond acceptors (Lipinski definition) is 2. The van der Waals surface area contributed by atoms with Gasteiger partial charge < -0.3 is 19.3 Å². The summed E-state index contributed by atoms with van der Waals surface area (Å²) in [5, 5.41) is 20.7. The van der Waals surface area contributed by atoms with Gasteiger partial charge in [0.2, 0.25) is 0 Å². The second-order valence-corrected chi connectivity index (χ2v) is 10.4. The van der Waals surface area contributed by atoms with E-state index in [0.717, 1.165) is 44.3 Å². The molecule has 6 aromatic rings. The molecule has 0 amide bonds. The molecular formula is C35H32N2O4. The van der Waals surface area contributed by atoms with Crippen molar-refractivity contribution in [3.05, 3.63) is 120 Å². The number of hydrogen-bond donors (Lipinski definition) is 2. The minimum absolute atomic E-state index is 0.365. The van der Waals surface area contributed by atoms with Crippen LogP contribution in [0.5, 0.6) is 0 Å². The highest BCUT2D eigenvalue weighted by molar-refractivity contribution is 6.10. The van der Waals surface area contributed by atoms with Crippen molar-refractivity contribution in [1.82, 2.24) is 9.13 Å². The largest absolute Gasteiger partial charge is 0.478 e. The topological polar surface area (TPSA) is 84.5 Å². The lowest BCUT2D eigenvalue weighted by Gasteiger charge is -2.09. The van der Waals surface area contributed by atoms with Gasteiger partial charge in [-0.3, -0.25) is 0 Å².